The zero-order chi connectivity index (χ0) is 13.0. The van der Waals surface area contributed by atoms with Gasteiger partial charge in [-0.15, -0.1) is 6.58 Å². The molecule has 1 saturated heterocycles. The van der Waals surface area contributed by atoms with Gasteiger partial charge >= 0.3 is 0 Å². The summed E-state index contributed by atoms with van der Waals surface area (Å²) in [5, 5.41) is 3.74. The fraction of sp³-hybridized carbons (Fsp3) is 0.467. The Bertz CT molecular complexity index is 409. The molecule has 0 bridgehead atoms. The first kappa shape index (κ1) is 13.6. The van der Waals surface area contributed by atoms with Crippen molar-refractivity contribution < 1.29 is 0 Å². The van der Waals surface area contributed by atoms with Gasteiger partial charge in [-0.1, -0.05) is 18.2 Å². The number of hydrogen-bond donors (Lipinski definition) is 1. The van der Waals surface area contributed by atoms with E-state index in [0.29, 0.717) is 0 Å². The van der Waals surface area contributed by atoms with Crippen LogP contribution in [0.25, 0.3) is 0 Å². The molecular weight excluding hydrogens is 288 g/mol. The second kappa shape index (κ2) is 5.89. The largest absolute Gasteiger partial charge is 0.378 e. The van der Waals surface area contributed by atoms with Crippen LogP contribution in [-0.2, 0) is 0 Å². The Balaban J connectivity index is 2.16. The van der Waals surface area contributed by atoms with Crippen molar-refractivity contribution in [3.05, 3.63) is 41.4 Å². The second-order valence-electron chi connectivity index (χ2n) is 5.18. The highest BCUT2D eigenvalue weighted by Gasteiger charge is 2.32. The van der Waals surface area contributed by atoms with E-state index in [0.717, 1.165) is 36.8 Å². The van der Waals surface area contributed by atoms with Crippen LogP contribution >= 0.6 is 15.9 Å². The Hall–Kier alpha value is -0.800. The third-order valence-electron chi connectivity index (χ3n) is 3.75. The summed E-state index contributed by atoms with van der Waals surface area (Å²) in [5.41, 5.74) is 1.35. The average Bonchev–Trinajstić information content (AvgIpc) is 2.36. The molecule has 0 atom stereocenters. The lowest BCUT2D eigenvalue weighted by Crippen LogP contribution is -2.47. The minimum Gasteiger partial charge on any atom is -0.378 e. The molecule has 1 aliphatic rings. The van der Waals surface area contributed by atoms with Crippen LogP contribution in [0.2, 0.25) is 0 Å². The van der Waals surface area contributed by atoms with Crippen molar-refractivity contribution in [2.45, 2.75) is 24.8 Å². The van der Waals surface area contributed by atoms with E-state index >= 15 is 0 Å². The number of halogens is 1. The lowest BCUT2D eigenvalue weighted by atomic mass is 9.84. The summed E-state index contributed by atoms with van der Waals surface area (Å²) in [7, 11) is 2.19. The number of benzene rings is 1. The third kappa shape index (κ3) is 3.15. The SMILES string of the molecule is C=CCC1(Nc2ccccc2Br)CCN(C)CC1. The molecule has 1 aromatic carbocycles. The summed E-state index contributed by atoms with van der Waals surface area (Å²) >= 11 is 3.61. The Morgan fingerprint density at radius 1 is 1.39 bits per heavy atom. The van der Waals surface area contributed by atoms with Crippen LogP contribution in [0.15, 0.2) is 41.4 Å². The summed E-state index contributed by atoms with van der Waals surface area (Å²) in [4.78, 5) is 2.39. The molecule has 0 amide bonds. The van der Waals surface area contributed by atoms with Crippen LogP contribution in [0, 0.1) is 0 Å². The van der Waals surface area contributed by atoms with Crippen LogP contribution < -0.4 is 5.32 Å². The highest BCUT2D eigenvalue weighted by atomic mass is 79.9. The second-order valence-corrected chi connectivity index (χ2v) is 6.04. The zero-order valence-electron chi connectivity index (χ0n) is 11.0. The summed E-state index contributed by atoms with van der Waals surface area (Å²) in [5.74, 6) is 0. The number of anilines is 1. The first-order chi connectivity index (χ1) is 8.65. The molecule has 18 heavy (non-hydrogen) atoms. The molecule has 0 aromatic heterocycles. The van der Waals surface area contributed by atoms with E-state index in [9.17, 15) is 0 Å². The Morgan fingerprint density at radius 2 is 2.06 bits per heavy atom. The molecule has 98 valence electrons. The van der Waals surface area contributed by atoms with Crippen molar-refractivity contribution in [2.75, 3.05) is 25.5 Å². The normalized spacial score (nSPS) is 19.4. The van der Waals surface area contributed by atoms with Gasteiger partial charge in [0.25, 0.3) is 0 Å². The average molecular weight is 309 g/mol. The number of para-hydroxylation sites is 1. The highest BCUT2D eigenvalue weighted by molar-refractivity contribution is 9.10. The standard InChI is InChI=1S/C15H21BrN2/c1-3-8-15(9-11-18(2)12-10-15)17-14-7-5-4-6-13(14)16/h3-7,17H,1,8-12H2,2H3. The predicted octanol–water partition coefficient (Wildman–Crippen LogP) is 3.90. The summed E-state index contributed by atoms with van der Waals surface area (Å²) in [6, 6.07) is 8.33. The molecule has 1 heterocycles. The molecule has 0 aliphatic carbocycles. The van der Waals surface area contributed by atoms with E-state index in [1.807, 2.05) is 12.1 Å². The number of piperidine rings is 1. The zero-order valence-corrected chi connectivity index (χ0v) is 12.5. The molecule has 0 saturated carbocycles. The fourth-order valence-corrected chi connectivity index (χ4v) is 2.94. The predicted molar refractivity (Wildman–Crippen MR) is 82.0 cm³/mol. The molecule has 1 fully saturated rings. The molecule has 1 N–H and O–H groups in total. The van der Waals surface area contributed by atoms with Gasteiger partial charge in [0.15, 0.2) is 0 Å². The van der Waals surface area contributed by atoms with Crippen LogP contribution in [0.1, 0.15) is 19.3 Å². The molecule has 0 unspecified atom stereocenters. The highest BCUT2D eigenvalue weighted by Crippen LogP contribution is 2.33. The Labute approximate surface area is 118 Å². The van der Waals surface area contributed by atoms with Gasteiger partial charge in [0, 0.05) is 28.8 Å². The summed E-state index contributed by atoms with van der Waals surface area (Å²) in [6.07, 6.45) is 5.38. The first-order valence-corrected chi connectivity index (χ1v) is 7.27. The van der Waals surface area contributed by atoms with Gasteiger partial charge in [0.2, 0.25) is 0 Å². The van der Waals surface area contributed by atoms with Crippen LogP contribution in [0.5, 0.6) is 0 Å². The number of hydrogen-bond acceptors (Lipinski definition) is 2. The van der Waals surface area contributed by atoms with Crippen molar-refractivity contribution in [2.24, 2.45) is 0 Å². The lowest BCUT2D eigenvalue weighted by Gasteiger charge is -2.42. The maximum atomic E-state index is 3.92. The van der Waals surface area contributed by atoms with Gasteiger partial charge < -0.3 is 10.2 Å². The Kier molecular flexibility index (Phi) is 4.46. The number of nitrogens with one attached hydrogen (secondary N) is 1. The van der Waals surface area contributed by atoms with Gasteiger partial charge in [-0.05, 0) is 54.4 Å². The molecule has 3 heteroatoms. The molecule has 1 aliphatic heterocycles. The summed E-state index contributed by atoms with van der Waals surface area (Å²) < 4.78 is 1.13. The third-order valence-corrected chi connectivity index (χ3v) is 4.44. The van der Waals surface area contributed by atoms with Crippen LogP contribution in [-0.4, -0.2) is 30.6 Å². The molecule has 0 radical (unpaired) electrons. The summed E-state index contributed by atoms with van der Waals surface area (Å²) in [6.45, 7) is 6.21. The van der Waals surface area contributed by atoms with Crippen molar-refractivity contribution in [3.8, 4) is 0 Å². The minimum absolute atomic E-state index is 0.165. The maximum Gasteiger partial charge on any atom is 0.0489 e. The Morgan fingerprint density at radius 3 is 2.67 bits per heavy atom. The van der Waals surface area contributed by atoms with Crippen molar-refractivity contribution in [1.82, 2.24) is 4.90 Å². The molecule has 0 spiro atoms. The quantitative estimate of drug-likeness (QED) is 0.849. The monoisotopic (exact) mass is 308 g/mol. The van der Waals surface area contributed by atoms with Gasteiger partial charge in [0.05, 0.1) is 0 Å². The van der Waals surface area contributed by atoms with Crippen molar-refractivity contribution >= 4 is 21.6 Å². The first-order valence-electron chi connectivity index (χ1n) is 6.47. The van der Waals surface area contributed by atoms with Crippen molar-refractivity contribution in [3.63, 3.8) is 0 Å². The van der Waals surface area contributed by atoms with Gasteiger partial charge in [-0.25, -0.2) is 0 Å². The van der Waals surface area contributed by atoms with E-state index in [1.54, 1.807) is 0 Å². The van der Waals surface area contributed by atoms with E-state index in [1.165, 1.54) is 5.69 Å². The lowest BCUT2D eigenvalue weighted by molar-refractivity contribution is 0.206. The molecule has 1 aromatic rings. The number of rotatable bonds is 4. The van der Waals surface area contributed by atoms with Gasteiger partial charge in [-0.2, -0.15) is 0 Å². The topological polar surface area (TPSA) is 15.3 Å². The van der Waals surface area contributed by atoms with E-state index in [2.05, 4.69) is 58.0 Å². The smallest absolute Gasteiger partial charge is 0.0489 e. The van der Waals surface area contributed by atoms with E-state index in [-0.39, 0.29) is 5.54 Å². The molecule has 2 nitrogen and oxygen atoms in total. The van der Waals surface area contributed by atoms with E-state index < -0.39 is 0 Å². The number of nitrogens with zero attached hydrogens (tertiary/aromatic N) is 1. The number of likely N-dealkylation sites (tertiary alicyclic amines) is 1. The molecule has 2 rings (SSSR count). The van der Waals surface area contributed by atoms with Crippen LogP contribution in [0.3, 0.4) is 0 Å². The fourth-order valence-electron chi connectivity index (χ4n) is 2.55. The molecular formula is C15H21BrN2. The van der Waals surface area contributed by atoms with Gasteiger partial charge in [0.1, 0.15) is 0 Å². The van der Waals surface area contributed by atoms with Crippen LogP contribution in [0.4, 0.5) is 5.69 Å². The van der Waals surface area contributed by atoms with Gasteiger partial charge in [-0.3, -0.25) is 0 Å². The van der Waals surface area contributed by atoms with Crippen molar-refractivity contribution in [1.29, 1.82) is 0 Å². The maximum absolute atomic E-state index is 3.92. The minimum atomic E-state index is 0.165. The van der Waals surface area contributed by atoms with E-state index in [4.69, 9.17) is 0 Å².